The van der Waals surface area contributed by atoms with Gasteiger partial charge in [0.05, 0.1) is 0 Å². The van der Waals surface area contributed by atoms with E-state index in [0.29, 0.717) is 24.9 Å². The predicted molar refractivity (Wildman–Crippen MR) is 99.0 cm³/mol. The van der Waals surface area contributed by atoms with Gasteiger partial charge in [-0.15, -0.1) is 0 Å². The molecule has 0 bridgehead atoms. The fourth-order valence-electron chi connectivity index (χ4n) is 3.40. The lowest BCUT2D eigenvalue weighted by atomic mass is 9.89. The molecule has 1 saturated carbocycles. The summed E-state index contributed by atoms with van der Waals surface area (Å²) >= 11 is 0. The van der Waals surface area contributed by atoms with Crippen molar-refractivity contribution in [3.05, 3.63) is 66.0 Å². The monoisotopic (exact) mass is 406 g/mol. The number of halogens is 4. The molecule has 152 valence electrons. The van der Waals surface area contributed by atoms with E-state index in [0.717, 1.165) is 22.9 Å². The third-order valence-electron chi connectivity index (χ3n) is 4.96. The summed E-state index contributed by atoms with van der Waals surface area (Å²) in [6.45, 7) is -2.74. The molecule has 29 heavy (non-hydrogen) atoms. The van der Waals surface area contributed by atoms with Gasteiger partial charge in [-0.25, -0.2) is 8.78 Å². The zero-order chi connectivity index (χ0) is 20.4. The lowest BCUT2D eigenvalue weighted by Gasteiger charge is -2.36. The van der Waals surface area contributed by atoms with Crippen molar-refractivity contribution in [3.8, 4) is 11.5 Å². The molecule has 4 nitrogen and oxygen atoms in total. The first kappa shape index (κ1) is 19.4. The van der Waals surface area contributed by atoms with E-state index in [1.807, 2.05) is 0 Å². The normalized spacial score (nSPS) is 18.7. The SMILES string of the molecule is Fc1ccc(OC2CC(NCc3c(F)ccc4cnccc34)C2)cc1OC(F)F. The molecular formula is C21H18F4N2O2. The Hall–Kier alpha value is -2.87. The van der Waals surface area contributed by atoms with Crippen LogP contribution in [0.4, 0.5) is 17.6 Å². The fraction of sp³-hybridized carbons (Fsp3) is 0.286. The van der Waals surface area contributed by atoms with Crippen LogP contribution in [0.2, 0.25) is 0 Å². The molecule has 3 aromatic rings. The van der Waals surface area contributed by atoms with Crippen molar-refractivity contribution in [3.63, 3.8) is 0 Å². The van der Waals surface area contributed by atoms with Crippen LogP contribution in [0.5, 0.6) is 11.5 Å². The van der Waals surface area contributed by atoms with E-state index in [1.54, 1.807) is 24.5 Å². The van der Waals surface area contributed by atoms with Gasteiger partial charge in [0, 0.05) is 42.0 Å². The molecule has 1 N–H and O–H groups in total. The summed E-state index contributed by atoms with van der Waals surface area (Å²) in [6.07, 6.45) is 4.51. The van der Waals surface area contributed by atoms with Crippen molar-refractivity contribution in [2.24, 2.45) is 0 Å². The van der Waals surface area contributed by atoms with Crippen LogP contribution in [0.3, 0.4) is 0 Å². The molecule has 1 aliphatic rings. The number of hydrogen-bond acceptors (Lipinski definition) is 4. The highest BCUT2D eigenvalue weighted by atomic mass is 19.3. The molecule has 2 aromatic carbocycles. The first-order valence-electron chi connectivity index (χ1n) is 9.15. The van der Waals surface area contributed by atoms with Gasteiger partial charge in [-0.1, -0.05) is 0 Å². The van der Waals surface area contributed by atoms with E-state index >= 15 is 0 Å². The van der Waals surface area contributed by atoms with Gasteiger partial charge in [0.25, 0.3) is 0 Å². The van der Waals surface area contributed by atoms with E-state index in [-0.39, 0.29) is 23.7 Å². The van der Waals surface area contributed by atoms with Crippen LogP contribution in [0.1, 0.15) is 18.4 Å². The van der Waals surface area contributed by atoms with Gasteiger partial charge in [0.15, 0.2) is 11.6 Å². The molecule has 1 heterocycles. The smallest absolute Gasteiger partial charge is 0.387 e. The van der Waals surface area contributed by atoms with E-state index in [2.05, 4.69) is 15.0 Å². The Balaban J connectivity index is 1.32. The first-order valence-corrected chi connectivity index (χ1v) is 9.15. The second-order valence-electron chi connectivity index (χ2n) is 6.88. The second-order valence-corrected chi connectivity index (χ2v) is 6.88. The maximum absolute atomic E-state index is 14.2. The highest BCUT2D eigenvalue weighted by Crippen LogP contribution is 2.31. The van der Waals surface area contributed by atoms with Gasteiger partial charge in [0.2, 0.25) is 0 Å². The zero-order valence-corrected chi connectivity index (χ0v) is 15.2. The van der Waals surface area contributed by atoms with Crippen LogP contribution >= 0.6 is 0 Å². The van der Waals surface area contributed by atoms with Crippen molar-refractivity contribution in [2.45, 2.75) is 38.1 Å². The quantitative estimate of drug-likeness (QED) is 0.572. The molecule has 0 unspecified atom stereocenters. The van der Waals surface area contributed by atoms with Gasteiger partial charge in [-0.3, -0.25) is 4.98 Å². The van der Waals surface area contributed by atoms with Gasteiger partial charge < -0.3 is 14.8 Å². The molecule has 0 atom stereocenters. The van der Waals surface area contributed by atoms with Gasteiger partial charge in [-0.05, 0) is 48.6 Å². The van der Waals surface area contributed by atoms with E-state index < -0.39 is 18.2 Å². The largest absolute Gasteiger partial charge is 0.490 e. The minimum atomic E-state index is -3.11. The van der Waals surface area contributed by atoms with Gasteiger partial charge in [-0.2, -0.15) is 8.78 Å². The summed E-state index contributed by atoms with van der Waals surface area (Å²) in [6, 6.07) is 8.56. The number of alkyl halides is 2. The third kappa shape index (κ3) is 4.42. The van der Waals surface area contributed by atoms with Crippen molar-refractivity contribution in [1.29, 1.82) is 0 Å². The fourth-order valence-corrected chi connectivity index (χ4v) is 3.40. The Labute approximate surface area is 164 Å². The maximum Gasteiger partial charge on any atom is 0.387 e. The Bertz CT molecular complexity index is 1010. The number of hydrogen-bond donors (Lipinski definition) is 1. The van der Waals surface area contributed by atoms with Gasteiger partial charge in [0.1, 0.15) is 17.7 Å². The first-order chi connectivity index (χ1) is 14.0. The minimum absolute atomic E-state index is 0.133. The van der Waals surface area contributed by atoms with Crippen molar-refractivity contribution in [1.82, 2.24) is 10.3 Å². The molecule has 8 heteroatoms. The average molecular weight is 406 g/mol. The van der Waals surface area contributed by atoms with E-state index in [1.165, 1.54) is 12.1 Å². The summed E-state index contributed by atoms with van der Waals surface area (Å²) in [5.41, 5.74) is 0.585. The Kier molecular flexibility index (Phi) is 5.53. The summed E-state index contributed by atoms with van der Waals surface area (Å²) in [5.74, 6) is -1.44. The molecule has 0 aliphatic heterocycles. The molecule has 1 fully saturated rings. The Morgan fingerprint density at radius 1 is 1.07 bits per heavy atom. The van der Waals surface area contributed by atoms with Crippen molar-refractivity contribution >= 4 is 10.8 Å². The van der Waals surface area contributed by atoms with Gasteiger partial charge >= 0.3 is 6.61 Å². The molecule has 1 aliphatic carbocycles. The van der Waals surface area contributed by atoms with Crippen molar-refractivity contribution < 1.29 is 27.0 Å². The van der Waals surface area contributed by atoms with E-state index in [9.17, 15) is 17.6 Å². The van der Waals surface area contributed by atoms with Crippen LogP contribution in [0, 0.1) is 11.6 Å². The number of benzene rings is 2. The number of nitrogens with one attached hydrogen (secondary N) is 1. The van der Waals surface area contributed by atoms with Crippen LogP contribution in [-0.2, 0) is 6.54 Å². The number of aromatic nitrogens is 1. The Morgan fingerprint density at radius 3 is 2.66 bits per heavy atom. The maximum atomic E-state index is 14.2. The predicted octanol–water partition coefficient (Wildman–Crippen LogP) is 4.81. The number of pyridine rings is 1. The number of ether oxygens (including phenoxy) is 2. The molecule has 0 spiro atoms. The van der Waals surface area contributed by atoms with Crippen LogP contribution in [0.25, 0.3) is 10.8 Å². The number of nitrogens with zero attached hydrogens (tertiary/aromatic N) is 1. The molecule has 0 amide bonds. The average Bonchev–Trinajstić information content (AvgIpc) is 2.66. The molecular weight excluding hydrogens is 388 g/mol. The van der Waals surface area contributed by atoms with Crippen LogP contribution in [0.15, 0.2) is 48.8 Å². The van der Waals surface area contributed by atoms with Crippen molar-refractivity contribution in [2.75, 3.05) is 0 Å². The number of fused-ring (bicyclic) bond motifs is 1. The molecule has 1 aromatic heterocycles. The standard InChI is InChI=1S/C21H18F4N2O2/c22-18-3-1-12-10-26-6-5-16(12)17(18)11-27-13-7-15(8-13)28-14-2-4-19(23)20(9-14)29-21(24)25/h1-6,9-10,13,15,21,27H,7-8,11H2. The van der Waals surface area contributed by atoms with Crippen LogP contribution in [-0.4, -0.2) is 23.7 Å². The highest BCUT2D eigenvalue weighted by Gasteiger charge is 2.31. The Morgan fingerprint density at radius 2 is 1.86 bits per heavy atom. The summed E-state index contributed by atoms with van der Waals surface area (Å²) < 4.78 is 62.1. The summed E-state index contributed by atoms with van der Waals surface area (Å²) in [4.78, 5) is 4.05. The third-order valence-corrected chi connectivity index (χ3v) is 4.96. The lowest BCUT2D eigenvalue weighted by molar-refractivity contribution is -0.0524. The summed E-state index contributed by atoms with van der Waals surface area (Å²) in [7, 11) is 0. The highest BCUT2D eigenvalue weighted by molar-refractivity contribution is 5.84. The second kappa shape index (κ2) is 8.24. The summed E-state index contributed by atoms with van der Waals surface area (Å²) in [5, 5.41) is 5.00. The molecule has 0 radical (unpaired) electrons. The van der Waals surface area contributed by atoms with Crippen LogP contribution < -0.4 is 14.8 Å². The molecule has 4 rings (SSSR count). The minimum Gasteiger partial charge on any atom is -0.490 e. The molecule has 0 saturated heterocycles. The zero-order valence-electron chi connectivity index (χ0n) is 15.2. The lowest BCUT2D eigenvalue weighted by Crippen LogP contribution is -2.46. The topological polar surface area (TPSA) is 43.4 Å². The van der Waals surface area contributed by atoms with E-state index in [4.69, 9.17) is 4.74 Å². The number of rotatable bonds is 7.